The maximum Gasteiger partial charge on any atom is 0.0389 e. The first-order valence-electron chi connectivity index (χ1n) is 2.27. The normalized spacial score (nSPS) is 21.5. The zero-order valence-corrected chi connectivity index (χ0v) is 4.54. The maximum absolute atomic E-state index is 3.99. The van der Waals surface area contributed by atoms with E-state index >= 15 is 0 Å². The standard InChI is InChI=1S/C4H9NS/c6-3-5-4-1-2-4/h4-6H,1-3H2. The van der Waals surface area contributed by atoms with Crippen LogP contribution in [0.5, 0.6) is 0 Å². The van der Waals surface area contributed by atoms with Crippen molar-refractivity contribution < 1.29 is 0 Å². The molecule has 1 aliphatic carbocycles. The smallest absolute Gasteiger partial charge is 0.0389 e. The molecule has 0 spiro atoms. The van der Waals surface area contributed by atoms with Crippen molar-refractivity contribution in [1.82, 2.24) is 5.32 Å². The number of thiol groups is 1. The molecule has 1 fully saturated rings. The SMILES string of the molecule is SCNC1CC1. The van der Waals surface area contributed by atoms with Crippen LogP contribution in [0.2, 0.25) is 0 Å². The summed E-state index contributed by atoms with van der Waals surface area (Å²) in [5.41, 5.74) is 0. The van der Waals surface area contributed by atoms with E-state index in [1.807, 2.05) is 0 Å². The van der Waals surface area contributed by atoms with Crippen LogP contribution in [0.3, 0.4) is 0 Å². The Morgan fingerprint density at radius 3 is 2.50 bits per heavy atom. The number of hydrogen-bond acceptors (Lipinski definition) is 2. The fourth-order valence-corrected chi connectivity index (χ4v) is 0.675. The summed E-state index contributed by atoms with van der Waals surface area (Å²) >= 11 is 3.99. The van der Waals surface area contributed by atoms with E-state index in [-0.39, 0.29) is 0 Å². The van der Waals surface area contributed by atoms with Crippen LogP contribution in [0.1, 0.15) is 12.8 Å². The zero-order valence-electron chi connectivity index (χ0n) is 3.65. The van der Waals surface area contributed by atoms with Crippen LogP contribution in [-0.4, -0.2) is 11.9 Å². The van der Waals surface area contributed by atoms with Crippen LogP contribution in [0.15, 0.2) is 0 Å². The van der Waals surface area contributed by atoms with Gasteiger partial charge < -0.3 is 5.32 Å². The summed E-state index contributed by atoms with van der Waals surface area (Å²) in [6, 6.07) is 0.822. The van der Waals surface area contributed by atoms with Gasteiger partial charge in [-0.15, -0.1) is 0 Å². The monoisotopic (exact) mass is 103 g/mol. The van der Waals surface area contributed by atoms with Gasteiger partial charge in [-0.05, 0) is 12.8 Å². The van der Waals surface area contributed by atoms with Gasteiger partial charge in [0.05, 0.1) is 0 Å². The molecule has 1 saturated carbocycles. The average Bonchev–Trinajstić information content (AvgIpc) is 2.21. The molecule has 0 aromatic rings. The Balaban J connectivity index is 1.88. The van der Waals surface area contributed by atoms with Gasteiger partial charge in [-0.25, -0.2) is 0 Å². The molecule has 0 aliphatic heterocycles. The van der Waals surface area contributed by atoms with E-state index in [2.05, 4.69) is 17.9 Å². The van der Waals surface area contributed by atoms with Gasteiger partial charge in [0.1, 0.15) is 0 Å². The molecule has 1 N–H and O–H groups in total. The lowest BCUT2D eigenvalue weighted by molar-refractivity contribution is 0.791. The van der Waals surface area contributed by atoms with Crippen molar-refractivity contribution in [3.8, 4) is 0 Å². The van der Waals surface area contributed by atoms with Gasteiger partial charge in [0.2, 0.25) is 0 Å². The molecule has 0 unspecified atom stereocenters. The fraction of sp³-hybridized carbons (Fsp3) is 1.00. The Kier molecular flexibility index (Phi) is 1.37. The molecule has 36 valence electrons. The number of nitrogens with one attached hydrogen (secondary N) is 1. The van der Waals surface area contributed by atoms with E-state index in [9.17, 15) is 0 Å². The van der Waals surface area contributed by atoms with Crippen molar-refractivity contribution in [1.29, 1.82) is 0 Å². The quantitative estimate of drug-likeness (QED) is 0.386. The molecule has 0 heterocycles. The van der Waals surface area contributed by atoms with Crippen LogP contribution in [0, 0.1) is 0 Å². The molecular formula is C4H9NS. The first-order valence-corrected chi connectivity index (χ1v) is 2.91. The molecule has 0 aromatic carbocycles. The summed E-state index contributed by atoms with van der Waals surface area (Å²) in [5, 5.41) is 3.18. The third-order valence-electron chi connectivity index (χ3n) is 0.957. The lowest BCUT2D eigenvalue weighted by Gasteiger charge is -1.89. The molecule has 1 nitrogen and oxygen atoms in total. The minimum atomic E-state index is 0.822. The van der Waals surface area contributed by atoms with E-state index in [1.54, 1.807) is 0 Å². The van der Waals surface area contributed by atoms with Crippen LogP contribution >= 0.6 is 12.6 Å². The predicted molar refractivity (Wildman–Crippen MR) is 30.0 cm³/mol. The second-order valence-electron chi connectivity index (χ2n) is 1.64. The minimum absolute atomic E-state index is 0.822. The predicted octanol–water partition coefficient (Wildman–Crippen LogP) is 0.626. The molecule has 0 atom stereocenters. The van der Waals surface area contributed by atoms with Gasteiger partial charge in [-0.3, -0.25) is 0 Å². The maximum atomic E-state index is 3.99. The number of rotatable bonds is 2. The summed E-state index contributed by atoms with van der Waals surface area (Å²) < 4.78 is 0. The van der Waals surface area contributed by atoms with Gasteiger partial charge in [0.15, 0.2) is 0 Å². The Bertz CT molecular complexity index is 42.8. The van der Waals surface area contributed by atoms with Crippen LogP contribution < -0.4 is 5.32 Å². The summed E-state index contributed by atoms with van der Waals surface area (Å²) in [5.74, 6) is 0.838. The molecule has 0 amide bonds. The highest BCUT2D eigenvalue weighted by molar-refractivity contribution is 7.80. The second-order valence-corrected chi connectivity index (χ2v) is 1.95. The average molecular weight is 103 g/mol. The first kappa shape index (κ1) is 4.47. The summed E-state index contributed by atoms with van der Waals surface area (Å²) in [6.45, 7) is 0. The van der Waals surface area contributed by atoms with Crippen molar-refractivity contribution in [2.24, 2.45) is 0 Å². The summed E-state index contributed by atoms with van der Waals surface area (Å²) in [7, 11) is 0. The van der Waals surface area contributed by atoms with Crippen molar-refractivity contribution in [2.75, 3.05) is 5.88 Å². The van der Waals surface area contributed by atoms with E-state index in [4.69, 9.17) is 0 Å². The number of hydrogen-bond donors (Lipinski definition) is 2. The Morgan fingerprint density at radius 1 is 1.67 bits per heavy atom. The summed E-state index contributed by atoms with van der Waals surface area (Å²) in [4.78, 5) is 0. The van der Waals surface area contributed by atoms with E-state index in [0.29, 0.717) is 0 Å². The van der Waals surface area contributed by atoms with Crippen LogP contribution in [0.25, 0.3) is 0 Å². The van der Waals surface area contributed by atoms with Gasteiger partial charge in [-0.1, -0.05) is 0 Å². The molecule has 0 bridgehead atoms. The van der Waals surface area contributed by atoms with Crippen LogP contribution in [-0.2, 0) is 0 Å². The third-order valence-corrected chi connectivity index (χ3v) is 1.14. The van der Waals surface area contributed by atoms with E-state index in [0.717, 1.165) is 11.9 Å². The Morgan fingerprint density at radius 2 is 2.33 bits per heavy atom. The minimum Gasteiger partial charge on any atom is -0.305 e. The Labute approximate surface area is 43.5 Å². The zero-order chi connectivity index (χ0) is 4.41. The van der Waals surface area contributed by atoms with Crippen molar-refractivity contribution in [3.05, 3.63) is 0 Å². The lowest BCUT2D eigenvalue weighted by atomic mass is 10.7. The fourth-order valence-electron chi connectivity index (χ4n) is 0.417. The molecule has 6 heavy (non-hydrogen) atoms. The van der Waals surface area contributed by atoms with Crippen molar-refractivity contribution in [3.63, 3.8) is 0 Å². The van der Waals surface area contributed by atoms with E-state index < -0.39 is 0 Å². The van der Waals surface area contributed by atoms with Crippen molar-refractivity contribution in [2.45, 2.75) is 18.9 Å². The largest absolute Gasteiger partial charge is 0.305 e. The molecule has 1 aliphatic rings. The second kappa shape index (κ2) is 1.85. The highest BCUT2D eigenvalue weighted by Gasteiger charge is 2.18. The van der Waals surface area contributed by atoms with Gasteiger partial charge in [0.25, 0.3) is 0 Å². The highest BCUT2D eigenvalue weighted by Crippen LogP contribution is 2.17. The van der Waals surface area contributed by atoms with E-state index in [1.165, 1.54) is 12.8 Å². The molecule has 1 rings (SSSR count). The van der Waals surface area contributed by atoms with Crippen molar-refractivity contribution >= 4 is 12.6 Å². The molecule has 0 aromatic heterocycles. The van der Waals surface area contributed by atoms with Gasteiger partial charge >= 0.3 is 0 Å². The lowest BCUT2D eigenvalue weighted by Crippen LogP contribution is -2.12. The molecule has 0 radical (unpaired) electrons. The van der Waals surface area contributed by atoms with Gasteiger partial charge in [0, 0.05) is 11.9 Å². The molecule has 0 saturated heterocycles. The third kappa shape index (κ3) is 1.19. The summed E-state index contributed by atoms with van der Waals surface area (Å²) in [6.07, 6.45) is 2.72. The van der Waals surface area contributed by atoms with Gasteiger partial charge in [-0.2, -0.15) is 12.6 Å². The molecule has 2 heteroatoms. The highest BCUT2D eigenvalue weighted by atomic mass is 32.1. The molecular weight excluding hydrogens is 94.1 g/mol. The Hall–Kier alpha value is 0.310. The topological polar surface area (TPSA) is 12.0 Å². The van der Waals surface area contributed by atoms with Crippen LogP contribution in [0.4, 0.5) is 0 Å². The first-order chi connectivity index (χ1) is 2.93.